The molecule has 0 saturated carbocycles. The van der Waals surface area contributed by atoms with E-state index in [0.717, 1.165) is 10.5 Å². The maximum atomic E-state index is 13.1. The van der Waals surface area contributed by atoms with Crippen molar-refractivity contribution in [1.82, 2.24) is 5.32 Å². The van der Waals surface area contributed by atoms with E-state index in [0.29, 0.717) is 27.1 Å². The Labute approximate surface area is 205 Å². The highest BCUT2D eigenvalue weighted by atomic mass is 35.5. The molecule has 172 valence electrons. The molecule has 0 radical (unpaired) electrons. The molecular formula is C25H18Cl2N2O5. The fourth-order valence-corrected chi connectivity index (χ4v) is 3.70. The highest BCUT2D eigenvalue weighted by molar-refractivity contribution is 6.39. The molecule has 1 saturated heterocycles. The standard InChI is InChI=1S/C25H18Cl2N2O5/c1-33-22-11-6-17(26)12-16(22)13-20-23(30)28-25(32)29(24(20)31)18-7-9-19(10-8-18)34-14-15-4-2-3-5-21(15)27/h2-13H,14H2,1H3,(H,28,30,32)/b20-13+. The summed E-state index contributed by atoms with van der Waals surface area (Å²) in [5.74, 6) is -0.654. The van der Waals surface area contributed by atoms with Gasteiger partial charge in [0.1, 0.15) is 23.7 Å². The van der Waals surface area contributed by atoms with Gasteiger partial charge in [0.15, 0.2) is 0 Å². The van der Waals surface area contributed by atoms with E-state index in [1.807, 2.05) is 18.2 Å². The number of hydrogen-bond donors (Lipinski definition) is 1. The van der Waals surface area contributed by atoms with Gasteiger partial charge in [0, 0.05) is 21.2 Å². The first kappa shape index (κ1) is 23.4. The number of urea groups is 1. The zero-order valence-electron chi connectivity index (χ0n) is 17.9. The van der Waals surface area contributed by atoms with Gasteiger partial charge in [0.25, 0.3) is 11.8 Å². The van der Waals surface area contributed by atoms with Gasteiger partial charge in [-0.1, -0.05) is 41.4 Å². The number of carbonyl (C=O) groups excluding carboxylic acids is 3. The summed E-state index contributed by atoms with van der Waals surface area (Å²) < 4.78 is 11.0. The summed E-state index contributed by atoms with van der Waals surface area (Å²) in [5.41, 5.74) is 1.28. The molecule has 9 heteroatoms. The van der Waals surface area contributed by atoms with Gasteiger partial charge in [-0.3, -0.25) is 14.9 Å². The molecule has 1 aliphatic rings. The van der Waals surface area contributed by atoms with Crippen LogP contribution in [0.3, 0.4) is 0 Å². The number of ether oxygens (including phenoxy) is 2. The van der Waals surface area contributed by atoms with Crippen molar-refractivity contribution in [2.45, 2.75) is 6.61 Å². The van der Waals surface area contributed by atoms with E-state index in [4.69, 9.17) is 32.7 Å². The Morgan fingerprint density at radius 2 is 1.71 bits per heavy atom. The maximum Gasteiger partial charge on any atom is 0.335 e. The van der Waals surface area contributed by atoms with E-state index in [1.54, 1.807) is 48.5 Å². The number of barbiturate groups is 1. The summed E-state index contributed by atoms with van der Waals surface area (Å²) in [7, 11) is 1.46. The molecule has 3 aromatic carbocycles. The quantitative estimate of drug-likeness (QED) is 0.372. The minimum Gasteiger partial charge on any atom is -0.496 e. The molecule has 34 heavy (non-hydrogen) atoms. The van der Waals surface area contributed by atoms with Crippen LogP contribution in [-0.2, 0) is 16.2 Å². The predicted octanol–water partition coefficient (Wildman–Crippen LogP) is 5.25. The number of halogens is 2. The molecule has 4 rings (SSSR count). The van der Waals surface area contributed by atoms with Crippen LogP contribution in [-0.4, -0.2) is 25.0 Å². The number of carbonyl (C=O) groups is 3. The molecule has 1 heterocycles. The van der Waals surface area contributed by atoms with Crippen LogP contribution in [0.1, 0.15) is 11.1 Å². The third-order valence-electron chi connectivity index (χ3n) is 5.04. The van der Waals surface area contributed by atoms with Crippen molar-refractivity contribution < 1.29 is 23.9 Å². The topological polar surface area (TPSA) is 84.9 Å². The van der Waals surface area contributed by atoms with Crippen LogP contribution in [0.25, 0.3) is 6.08 Å². The number of rotatable bonds is 6. The van der Waals surface area contributed by atoms with Gasteiger partial charge in [0.2, 0.25) is 0 Å². The second kappa shape index (κ2) is 9.99. The summed E-state index contributed by atoms with van der Waals surface area (Å²) in [4.78, 5) is 38.9. The van der Waals surface area contributed by atoms with Crippen LogP contribution in [0.5, 0.6) is 11.5 Å². The van der Waals surface area contributed by atoms with E-state index in [-0.39, 0.29) is 17.9 Å². The number of benzene rings is 3. The summed E-state index contributed by atoms with van der Waals surface area (Å²) in [6, 6.07) is 17.6. The van der Waals surface area contributed by atoms with Gasteiger partial charge in [0.05, 0.1) is 12.8 Å². The summed E-state index contributed by atoms with van der Waals surface area (Å²) in [6.45, 7) is 0.255. The maximum absolute atomic E-state index is 13.1. The lowest BCUT2D eigenvalue weighted by molar-refractivity contribution is -0.122. The molecule has 1 aliphatic heterocycles. The SMILES string of the molecule is COc1ccc(Cl)cc1/C=C1\C(=O)NC(=O)N(c2ccc(OCc3ccccc3Cl)cc2)C1=O. The van der Waals surface area contributed by atoms with E-state index < -0.39 is 17.8 Å². The molecule has 4 amide bonds. The normalized spacial score (nSPS) is 14.9. The number of methoxy groups -OCH3 is 1. The summed E-state index contributed by atoms with van der Waals surface area (Å²) in [5, 5.41) is 3.18. The summed E-state index contributed by atoms with van der Waals surface area (Å²) >= 11 is 12.2. The predicted molar refractivity (Wildman–Crippen MR) is 129 cm³/mol. The minimum absolute atomic E-state index is 0.237. The molecule has 0 aromatic heterocycles. The number of imide groups is 2. The third-order valence-corrected chi connectivity index (χ3v) is 5.64. The van der Waals surface area contributed by atoms with E-state index in [9.17, 15) is 14.4 Å². The van der Waals surface area contributed by atoms with Crippen molar-refractivity contribution >= 4 is 52.8 Å². The highest BCUT2D eigenvalue weighted by Gasteiger charge is 2.37. The molecule has 0 spiro atoms. The average molecular weight is 497 g/mol. The second-order valence-electron chi connectivity index (χ2n) is 7.22. The van der Waals surface area contributed by atoms with Crippen LogP contribution < -0.4 is 19.7 Å². The Hall–Kier alpha value is -3.81. The molecule has 0 aliphatic carbocycles. The summed E-state index contributed by atoms with van der Waals surface area (Å²) in [6.07, 6.45) is 1.34. The first-order chi connectivity index (χ1) is 16.4. The number of anilines is 1. The van der Waals surface area contributed by atoms with Crippen LogP contribution in [0.4, 0.5) is 10.5 Å². The van der Waals surface area contributed by atoms with Crippen molar-refractivity contribution in [1.29, 1.82) is 0 Å². The van der Waals surface area contributed by atoms with Crippen molar-refractivity contribution in [3.8, 4) is 11.5 Å². The zero-order valence-corrected chi connectivity index (χ0v) is 19.4. The lowest BCUT2D eigenvalue weighted by Crippen LogP contribution is -2.54. The van der Waals surface area contributed by atoms with E-state index >= 15 is 0 Å². The van der Waals surface area contributed by atoms with E-state index in [1.165, 1.54) is 13.2 Å². The largest absolute Gasteiger partial charge is 0.496 e. The van der Waals surface area contributed by atoms with Crippen molar-refractivity contribution in [3.05, 3.63) is 93.5 Å². The lowest BCUT2D eigenvalue weighted by atomic mass is 10.1. The molecular weight excluding hydrogens is 479 g/mol. The Balaban J connectivity index is 1.57. The van der Waals surface area contributed by atoms with Gasteiger partial charge in [-0.05, 0) is 54.6 Å². The Morgan fingerprint density at radius 3 is 2.41 bits per heavy atom. The molecule has 3 aromatic rings. The Bertz CT molecular complexity index is 1300. The van der Waals surface area contributed by atoms with Crippen molar-refractivity contribution in [2.24, 2.45) is 0 Å². The van der Waals surface area contributed by atoms with Crippen LogP contribution >= 0.6 is 23.2 Å². The molecule has 7 nitrogen and oxygen atoms in total. The highest BCUT2D eigenvalue weighted by Crippen LogP contribution is 2.28. The second-order valence-corrected chi connectivity index (χ2v) is 8.06. The molecule has 1 fully saturated rings. The first-order valence-electron chi connectivity index (χ1n) is 10.1. The van der Waals surface area contributed by atoms with Crippen molar-refractivity contribution in [2.75, 3.05) is 12.0 Å². The van der Waals surface area contributed by atoms with Gasteiger partial charge in [-0.2, -0.15) is 0 Å². The number of amides is 4. The zero-order chi connectivity index (χ0) is 24.2. The van der Waals surface area contributed by atoms with Crippen LogP contribution in [0.15, 0.2) is 72.3 Å². The monoisotopic (exact) mass is 496 g/mol. The van der Waals surface area contributed by atoms with Crippen LogP contribution in [0.2, 0.25) is 10.0 Å². The van der Waals surface area contributed by atoms with Gasteiger partial charge in [-0.25, -0.2) is 9.69 Å². The minimum atomic E-state index is -0.852. The third kappa shape index (κ3) is 4.90. The van der Waals surface area contributed by atoms with Gasteiger partial charge >= 0.3 is 6.03 Å². The lowest BCUT2D eigenvalue weighted by Gasteiger charge is -2.26. The number of nitrogens with one attached hydrogen (secondary N) is 1. The fraction of sp³-hybridized carbons (Fsp3) is 0.0800. The van der Waals surface area contributed by atoms with Gasteiger partial charge in [-0.15, -0.1) is 0 Å². The van der Waals surface area contributed by atoms with Crippen molar-refractivity contribution in [3.63, 3.8) is 0 Å². The van der Waals surface area contributed by atoms with Crippen LogP contribution in [0, 0.1) is 0 Å². The number of hydrogen-bond acceptors (Lipinski definition) is 5. The Kier molecular flexibility index (Phi) is 6.86. The average Bonchev–Trinajstić information content (AvgIpc) is 2.82. The van der Waals surface area contributed by atoms with E-state index in [2.05, 4.69) is 5.32 Å². The van der Waals surface area contributed by atoms with Gasteiger partial charge < -0.3 is 9.47 Å². The first-order valence-corrected chi connectivity index (χ1v) is 10.8. The fourth-order valence-electron chi connectivity index (χ4n) is 3.33. The molecule has 0 bridgehead atoms. The molecule has 0 unspecified atom stereocenters. The molecule has 0 atom stereocenters. The Morgan fingerprint density at radius 1 is 0.971 bits per heavy atom. The smallest absolute Gasteiger partial charge is 0.335 e. The molecule has 1 N–H and O–H groups in total. The number of nitrogens with zero attached hydrogens (tertiary/aromatic N) is 1.